The average molecular weight is 354 g/mol. The van der Waals surface area contributed by atoms with Crippen molar-refractivity contribution in [3.05, 3.63) is 34.3 Å². The summed E-state index contributed by atoms with van der Waals surface area (Å²) in [4.78, 5) is 16.4. The number of piperidine rings is 1. The molecule has 5 heteroatoms. The zero-order valence-electron chi connectivity index (χ0n) is 12.8. The molecule has 1 fully saturated rings. The average Bonchev–Trinajstić information content (AvgIpc) is 2.50. The lowest BCUT2D eigenvalue weighted by Gasteiger charge is -2.32. The van der Waals surface area contributed by atoms with Gasteiger partial charge in [0.15, 0.2) is 0 Å². The van der Waals surface area contributed by atoms with Gasteiger partial charge in [0.1, 0.15) is 0 Å². The van der Waals surface area contributed by atoms with Crippen molar-refractivity contribution in [2.75, 3.05) is 33.7 Å². The smallest absolute Gasteiger partial charge is 0.236 e. The summed E-state index contributed by atoms with van der Waals surface area (Å²) in [6.07, 6.45) is 2.25. The van der Waals surface area contributed by atoms with E-state index in [9.17, 15) is 4.79 Å². The highest BCUT2D eigenvalue weighted by Crippen LogP contribution is 2.17. The zero-order valence-corrected chi connectivity index (χ0v) is 14.4. The van der Waals surface area contributed by atoms with Gasteiger partial charge >= 0.3 is 0 Å². The van der Waals surface area contributed by atoms with Crippen LogP contribution in [-0.4, -0.2) is 55.5 Å². The van der Waals surface area contributed by atoms with Crippen LogP contribution in [0.2, 0.25) is 0 Å². The second-order valence-electron chi connectivity index (χ2n) is 5.68. The molecule has 4 nitrogen and oxygen atoms in total. The quantitative estimate of drug-likeness (QED) is 0.880. The molecule has 0 aromatic heterocycles. The van der Waals surface area contributed by atoms with Crippen LogP contribution in [0.1, 0.15) is 18.4 Å². The second kappa shape index (κ2) is 7.92. The number of nitrogens with one attached hydrogen (secondary N) is 1. The number of carbonyl (C=O) groups is 1. The van der Waals surface area contributed by atoms with E-state index in [1.165, 1.54) is 0 Å². The lowest BCUT2D eigenvalue weighted by atomic mass is 10.1. The van der Waals surface area contributed by atoms with Crippen molar-refractivity contribution in [2.24, 2.45) is 0 Å². The number of carbonyl (C=O) groups excluding carboxylic acids is 1. The summed E-state index contributed by atoms with van der Waals surface area (Å²) in [6.45, 7) is 3.17. The molecular formula is C16H24BrN3O. The standard InChI is InChI=1S/C16H24BrN3O/c1-18-14-7-9-20(10-8-14)12-16(21)19(2)11-13-5-3-4-6-15(13)17/h3-6,14,18H,7-12H2,1-2H3. The Morgan fingerprint density at radius 3 is 2.67 bits per heavy atom. The fourth-order valence-corrected chi connectivity index (χ4v) is 3.07. The fraction of sp³-hybridized carbons (Fsp3) is 0.562. The van der Waals surface area contributed by atoms with Crippen molar-refractivity contribution in [3.8, 4) is 0 Å². The Kier molecular flexibility index (Phi) is 6.21. The predicted molar refractivity (Wildman–Crippen MR) is 89.1 cm³/mol. The first-order chi connectivity index (χ1) is 10.1. The summed E-state index contributed by atoms with van der Waals surface area (Å²) >= 11 is 3.53. The van der Waals surface area contributed by atoms with Crippen molar-refractivity contribution in [1.29, 1.82) is 0 Å². The molecule has 2 rings (SSSR count). The summed E-state index contributed by atoms with van der Waals surface area (Å²) in [5.74, 6) is 0.189. The van der Waals surface area contributed by atoms with E-state index in [2.05, 4.69) is 26.1 Å². The molecule has 1 aliphatic heterocycles. The van der Waals surface area contributed by atoms with Crippen LogP contribution < -0.4 is 5.32 Å². The van der Waals surface area contributed by atoms with Crippen LogP contribution in [0.4, 0.5) is 0 Å². The molecule has 0 saturated carbocycles. The van der Waals surface area contributed by atoms with E-state index >= 15 is 0 Å². The first-order valence-corrected chi connectivity index (χ1v) is 8.26. The number of likely N-dealkylation sites (tertiary alicyclic amines) is 1. The minimum atomic E-state index is 0.189. The van der Waals surface area contributed by atoms with Gasteiger partial charge in [0.05, 0.1) is 6.54 Å². The van der Waals surface area contributed by atoms with Crippen LogP contribution in [0.5, 0.6) is 0 Å². The summed E-state index contributed by atoms with van der Waals surface area (Å²) in [6, 6.07) is 8.65. The normalized spacial score (nSPS) is 16.9. The number of rotatable bonds is 5. The maximum absolute atomic E-state index is 12.3. The SMILES string of the molecule is CNC1CCN(CC(=O)N(C)Cc2ccccc2Br)CC1. The molecule has 0 aliphatic carbocycles. The monoisotopic (exact) mass is 353 g/mol. The molecule has 0 radical (unpaired) electrons. The van der Waals surface area contributed by atoms with Crippen molar-refractivity contribution >= 4 is 21.8 Å². The molecule has 1 heterocycles. The van der Waals surface area contributed by atoms with Crippen LogP contribution in [0.15, 0.2) is 28.7 Å². The summed E-state index contributed by atoms with van der Waals surface area (Å²) in [7, 11) is 3.89. The van der Waals surface area contributed by atoms with Gasteiger partial charge in [-0.15, -0.1) is 0 Å². The molecule has 0 atom stereocenters. The number of nitrogens with zero attached hydrogens (tertiary/aromatic N) is 2. The summed E-state index contributed by atoms with van der Waals surface area (Å²) in [5, 5.41) is 3.31. The Morgan fingerprint density at radius 1 is 1.38 bits per heavy atom. The topological polar surface area (TPSA) is 35.6 Å². The number of benzene rings is 1. The number of likely N-dealkylation sites (N-methyl/N-ethyl adjacent to an activating group) is 1. The Bertz CT molecular complexity index is 472. The highest BCUT2D eigenvalue weighted by Gasteiger charge is 2.21. The number of hydrogen-bond acceptors (Lipinski definition) is 3. The van der Waals surface area contributed by atoms with Crippen molar-refractivity contribution < 1.29 is 4.79 Å². The first-order valence-electron chi connectivity index (χ1n) is 7.47. The van der Waals surface area contributed by atoms with Crippen molar-refractivity contribution in [1.82, 2.24) is 15.1 Å². The third-order valence-electron chi connectivity index (χ3n) is 4.15. The molecule has 0 spiro atoms. The Labute approximate surface area is 135 Å². The molecule has 21 heavy (non-hydrogen) atoms. The van der Waals surface area contributed by atoms with Gasteiger partial charge in [-0.1, -0.05) is 34.1 Å². The lowest BCUT2D eigenvalue weighted by molar-refractivity contribution is -0.131. The largest absolute Gasteiger partial charge is 0.340 e. The maximum atomic E-state index is 12.3. The van der Waals surface area contributed by atoms with Crippen LogP contribution in [0.3, 0.4) is 0 Å². The van der Waals surface area contributed by atoms with Gasteiger partial charge in [-0.05, 0) is 31.5 Å². The first kappa shape index (κ1) is 16.5. The van der Waals surface area contributed by atoms with Crippen LogP contribution >= 0.6 is 15.9 Å². The molecule has 116 valence electrons. The minimum Gasteiger partial charge on any atom is -0.340 e. The Morgan fingerprint density at radius 2 is 2.05 bits per heavy atom. The van der Waals surface area contributed by atoms with Gasteiger partial charge in [-0.25, -0.2) is 0 Å². The molecule has 1 N–H and O–H groups in total. The number of hydrogen-bond donors (Lipinski definition) is 1. The van der Waals surface area contributed by atoms with E-state index < -0.39 is 0 Å². The molecule has 0 bridgehead atoms. The maximum Gasteiger partial charge on any atom is 0.236 e. The van der Waals surface area contributed by atoms with E-state index in [0.29, 0.717) is 19.1 Å². The van der Waals surface area contributed by atoms with E-state index in [0.717, 1.165) is 36.0 Å². The molecule has 0 unspecified atom stereocenters. The van der Waals surface area contributed by atoms with Crippen LogP contribution in [0, 0.1) is 0 Å². The van der Waals surface area contributed by atoms with E-state index in [4.69, 9.17) is 0 Å². The summed E-state index contributed by atoms with van der Waals surface area (Å²) < 4.78 is 1.06. The molecule has 1 saturated heterocycles. The third kappa shape index (κ3) is 4.80. The van der Waals surface area contributed by atoms with Gasteiger partial charge in [0, 0.05) is 37.2 Å². The highest BCUT2D eigenvalue weighted by molar-refractivity contribution is 9.10. The van der Waals surface area contributed by atoms with Gasteiger partial charge in [-0.3, -0.25) is 9.69 Å². The van der Waals surface area contributed by atoms with E-state index in [-0.39, 0.29) is 5.91 Å². The van der Waals surface area contributed by atoms with Gasteiger partial charge in [-0.2, -0.15) is 0 Å². The molecule has 1 amide bonds. The van der Waals surface area contributed by atoms with Crippen LogP contribution in [0.25, 0.3) is 0 Å². The zero-order chi connectivity index (χ0) is 15.2. The van der Waals surface area contributed by atoms with Gasteiger partial charge < -0.3 is 10.2 Å². The summed E-state index contributed by atoms with van der Waals surface area (Å²) in [5.41, 5.74) is 1.14. The second-order valence-corrected chi connectivity index (χ2v) is 6.53. The lowest BCUT2D eigenvalue weighted by Crippen LogP contribution is -2.45. The third-order valence-corrected chi connectivity index (χ3v) is 4.92. The fourth-order valence-electron chi connectivity index (χ4n) is 2.66. The van der Waals surface area contributed by atoms with E-state index in [1.54, 1.807) is 0 Å². The molecule has 1 aromatic rings. The minimum absolute atomic E-state index is 0.189. The Hall–Kier alpha value is -0.910. The number of halogens is 1. The number of amides is 1. The molecule has 1 aromatic carbocycles. The van der Waals surface area contributed by atoms with Crippen molar-refractivity contribution in [3.63, 3.8) is 0 Å². The molecule has 1 aliphatic rings. The molecular weight excluding hydrogens is 330 g/mol. The Balaban J connectivity index is 1.82. The van der Waals surface area contributed by atoms with Crippen LogP contribution in [-0.2, 0) is 11.3 Å². The van der Waals surface area contributed by atoms with Crippen molar-refractivity contribution in [2.45, 2.75) is 25.4 Å². The van der Waals surface area contributed by atoms with Gasteiger partial charge in [0.25, 0.3) is 0 Å². The highest BCUT2D eigenvalue weighted by atomic mass is 79.9. The van der Waals surface area contributed by atoms with Gasteiger partial charge in [0.2, 0.25) is 5.91 Å². The predicted octanol–water partition coefficient (Wildman–Crippen LogP) is 2.09. The van der Waals surface area contributed by atoms with E-state index in [1.807, 2.05) is 43.3 Å².